The molecule has 0 spiro atoms. The summed E-state index contributed by atoms with van der Waals surface area (Å²) in [5, 5.41) is 0.642. The predicted molar refractivity (Wildman–Crippen MR) is 68.5 cm³/mol. The number of nitrogens with zero attached hydrogens (tertiary/aromatic N) is 2. The number of pyridine rings is 1. The van der Waals surface area contributed by atoms with E-state index >= 15 is 0 Å². The summed E-state index contributed by atoms with van der Waals surface area (Å²) in [7, 11) is 0. The maximum atomic E-state index is 12.3. The predicted octanol–water partition coefficient (Wildman–Crippen LogP) is 3.26. The minimum Gasteiger partial charge on any atom is -0.334 e. The lowest BCUT2D eigenvalue weighted by atomic mass is 10.1. The number of halogens is 2. The summed E-state index contributed by atoms with van der Waals surface area (Å²) in [6.07, 6.45) is 1.02. The molecular formula is C12H14Cl2N2O. The Morgan fingerprint density at radius 1 is 1.41 bits per heavy atom. The first kappa shape index (κ1) is 12.7. The Morgan fingerprint density at radius 2 is 2.12 bits per heavy atom. The van der Waals surface area contributed by atoms with Crippen LogP contribution in [0.3, 0.4) is 0 Å². The van der Waals surface area contributed by atoms with E-state index in [0.717, 1.165) is 13.0 Å². The van der Waals surface area contributed by atoms with Crippen LogP contribution in [-0.2, 0) is 0 Å². The SMILES string of the molecule is CC1CC(C)N(C(=O)c2nc(Cl)ccc2Cl)C1. The third-order valence-corrected chi connectivity index (χ3v) is 3.57. The van der Waals surface area contributed by atoms with Crippen LogP contribution in [0.15, 0.2) is 12.1 Å². The van der Waals surface area contributed by atoms with E-state index in [-0.39, 0.29) is 22.8 Å². The van der Waals surface area contributed by atoms with Crippen LogP contribution < -0.4 is 0 Å². The topological polar surface area (TPSA) is 33.2 Å². The van der Waals surface area contributed by atoms with Crippen molar-refractivity contribution in [1.82, 2.24) is 9.88 Å². The van der Waals surface area contributed by atoms with Gasteiger partial charge in [-0.05, 0) is 31.4 Å². The third-order valence-electron chi connectivity index (χ3n) is 3.06. The van der Waals surface area contributed by atoms with E-state index in [0.29, 0.717) is 10.9 Å². The fourth-order valence-corrected chi connectivity index (χ4v) is 2.62. The molecule has 1 saturated heterocycles. The van der Waals surface area contributed by atoms with Crippen LogP contribution in [0.5, 0.6) is 0 Å². The van der Waals surface area contributed by atoms with E-state index in [1.807, 2.05) is 11.8 Å². The summed E-state index contributed by atoms with van der Waals surface area (Å²) in [6.45, 7) is 4.93. The van der Waals surface area contributed by atoms with Gasteiger partial charge in [0.05, 0.1) is 5.02 Å². The Hall–Kier alpha value is -0.800. The highest BCUT2D eigenvalue weighted by atomic mass is 35.5. The highest BCUT2D eigenvalue weighted by Crippen LogP contribution is 2.26. The first-order valence-electron chi connectivity index (χ1n) is 5.62. The Morgan fingerprint density at radius 3 is 2.71 bits per heavy atom. The lowest BCUT2D eigenvalue weighted by molar-refractivity contribution is 0.0738. The van der Waals surface area contributed by atoms with Gasteiger partial charge in [0.2, 0.25) is 0 Å². The zero-order valence-corrected chi connectivity index (χ0v) is 11.3. The maximum absolute atomic E-state index is 12.3. The van der Waals surface area contributed by atoms with Crippen LogP contribution in [-0.4, -0.2) is 28.4 Å². The number of amides is 1. The summed E-state index contributed by atoms with van der Waals surface area (Å²) in [4.78, 5) is 18.1. The molecule has 1 aromatic heterocycles. The normalized spacial score (nSPS) is 24.1. The van der Waals surface area contributed by atoms with Crippen LogP contribution >= 0.6 is 23.2 Å². The molecule has 1 aliphatic rings. The molecule has 1 aromatic rings. The standard InChI is InChI=1S/C12H14Cl2N2O/c1-7-5-8(2)16(6-7)12(17)11-9(13)3-4-10(14)15-11/h3-4,7-8H,5-6H2,1-2H3. The van der Waals surface area contributed by atoms with E-state index in [2.05, 4.69) is 11.9 Å². The molecule has 2 rings (SSSR count). The molecule has 0 radical (unpaired) electrons. The monoisotopic (exact) mass is 272 g/mol. The molecule has 0 N–H and O–H groups in total. The van der Waals surface area contributed by atoms with Crippen LogP contribution in [0.1, 0.15) is 30.8 Å². The Kier molecular flexibility index (Phi) is 3.59. The number of aromatic nitrogens is 1. The Bertz CT molecular complexity index is 450. The Labute approximate surface area is 111 Å². The first-order valence-corrected chi connectivity index (χ1v) is 6.37. The molecule has 0 bridgehead atoms. The molecule has 92 valence electrons. The molecule has 0 saturated carbocycles. The summed E-state index contributed by atoms with van der Waals surface area (Å²) in [5.41, 5.74) is 0.250. The first-order chi connectivity index (χ1) is 7.99. The fraction of sp³-hybridized carbons (Fsp3) is 0.500. The Balaban J connectivity index is 2.28. The van der Waals surface area contributed by atoms with Crippen LogP contribution in [0.4, 0.5) is 0 Å². The van der Waals surface area contributed by atoms with Gasteiger partial charge in [0, 0.05) is 12.6 Å². The fourth-order valence-electron chi connectivity index (χ4n) is 2.29. The summed E-state index contributed by atoms with van der Waals surface area (Å²) in [5.74, 6) is 0.390. The highest BCUT2D eigenvalue weighted by molar-refractivity contribution is 6.34. The molecule has 2 heterocycles. The van der Waals surface area contributed by atoms with Crippen molar-refractivity contribution in [3.8, 4) is 0 Å². The van der Waals surface area contributed by atoms with Gasteiger partial charge in [-0.2, -0.15) is 0 Å². The van der Waals surface area contributed by atoms with Crippen LogP contribution in [0.25, 0.3) is 0 Å². The number of carbonyl (C=O) groups is 1. The van der Waals surface area contributed by atoms with Gasteiger partial charge in [0.25, 0.3) is 5.91 Å². The number of hydrogen-bond acceptors (Lipinski definition) is 2. The average molecular weight is 273 g/mol. The van der Waals surface area contributed by atoms with Gasteiger partial charge in [-0.1, -0.05) is 30.1 Å². The van der Waals surface area contributed by atoms with E-state index in [1.54, 1.807) is 12.1 Å². The largest absolute Gasteiger partial charge is 0.334 e. The molecular weight excluding hydrogens is 259 g/mol. The van der Waals surface area contributed by atoms with Crippen molar-refractivity contribution in [2.45, 2.75) is 26.3 Å². The smallest absolute Gasteiger partial charge is 0.274 e. The molecule has 1 aliphatic heterocycles. The molecule has 3 nitrogen and oxygen atoms in total. The minimum absolute atomic E-state index is 0.130. The molecule has 2 atom stereocenters. The van der Waals surface area contributed by atoms with Gasteiger partial charge in [0.1, 0.15) is 10.8 Å². The minimum atomic E-state index is -0.130. The van der Waals surface area contributed by atoms with Gasteiger partial charge in [-0.25, -0.2) is 4.98 Å². The zero-order valence-electron chi connectivity index (χ0n) is 9.78. The van der Waals surface area contributed by atoms with Crippen LogP contribution in [0, 0.1) is 5.92 Å². The zero-order chi connectivity index (χ0) is 12.6. The second-order valence-electron chi connectivity index (χ2n) is 4.61. The van der Waals surface area contributed by atoms with Crippen molar-refractivity contribution < 1.29 is 4.79 Å². The molecule has 1 fully saturated rings. The number of hydrogen-bond donors (Lipinski definition) is 0. The molecule has 5 heteroatoms. The lowest BCUT2D eigenvalue weighted by Gasteiger charge is -2.21. The maximum Gasteiger partial charge on any atom is 0.274 e. The molecule has 1 amide bonds. The van der Waals surface area contributed by atoms with Crippen molar-refractivity contribution in [2.75, 3.05) is 6.54 Å². The summed E-state index contributed by atoms with van der Waals surface area (Å²) >= 11 is 11.8. The quantitative estimate of drug-likeness (QED) is 0.736. The second-order valence-corrected chi connectivity index (χ2v) is 5.41. The van der Waals surface area contributed by atoms with E-state index in [9.17, 15) is 4.79 Å². The number of likely N-dealkylation sites (tertiary alicyclic amines) is 1. The number of carbonyl (C=O) groups excluding carboxylic acids is 1. The van der Waals surface area contributed by atoms with Crippen molar-refractivity contribution in [1.29, 1.82) is 0 Å². The van der Waals surface area contributed by atoms with Crippen molar-refractivity contribution in [3.05, 3.63) is 28.0 Å². The lowest BCUT2D eigenvalue weighted by Crippen LogP contribution is -2.34. The average Bonchev–Trinajstić information content (AvgIpc) is 2.60. The molecule has 0 aliphatic carbocycles. The van der Waals surface area contributed by atoms with Crippen molar-refractivity contribution in [3.63, 3.8) is 0 Å². The second kappa shape index (κ2) is 4.83. The van der Waals surface area contributed by atoms with E-state index in [4.69, 9.17) is 23.2 Å². The van der Waals surface area contributed by atoms with Crippen molar-refractivity contribution in [2.24, 2.45) is 5.92 Å². The van der Waals surface area contributed by atoms with Crippen molar-refractivity contribution >= 4 is 29.1 Å². The summed E-state index contributed by atoms with van der Waals surface area (Å²) < 4.78 is 0. The van der Waals surface area contributed by atoms with Gasteiger partial charge in [-0.3, -0.25) is 4.79 Å². The molecule has 2 unspecified atom stereocenters. The van der Waals surface area contributed by atoms with Gasteiger partial charge in [0.15, 0.2) is 0 Å². The van der Waals surface area contributed by atoms with E-state index < -0.39 is 0 Å². The van der Waals surface area contributed by atoms with Gasteiger partial charge in [-0.15, -0.1) is 0 Å². The third kappa shape index (κ3) is 2.55. The van der Waals surface area contributed by atoms with Gasteiger partial charge < -0.3 is 4.90 Å². The number of rotatable bonds is 1. The van der Waals surface area contributed by atoms with Gasteiger partial charge >= 0.3 is 0 Å². The van der Waals surface area contributed by atoms with Crippen LogP contribution in [0.2, 0.25) is 10.2 Å². The molecule has 17 heavy (non-hydrogen) atoms. The molecule has 0 aromatic carbocycles. The highest BCUT2D eigenvalue weighted by Gasteiger charge is 2.32. The van der Waals surface area contributed by atoms with E-state index in [1.165, 1.54) is 0 Å². The summed E-state index contributed by atoms with van der Waals surface area (Å²) in [6, 6.07) is 3.42.